The highest BCUT2D eigenvalue weighted by atomic mass is 16.5. The molecule has 1 aliphatic heterocycles. The van der Waals surface area contributed by atoms with E-state index in [1.54, 1.807) is 31.4 Å². The van der Waals surface area contributed by atoms with Crippen molar-refractivity contribution in [2.75, 3.05) is 33.4 Å². The van der Waals surface area contributed by atoms with Gasteiger partial charge in [-0.15, -0.1) is 0 Å². The second-order valence-electron chi connectivity index (χ2n) is 11.5. The van der Waals surface area contributed by atoms with Crippen molar-refractivity contribution < 1.29 is 23.8 Å². The van der Waals surface area contributed by atoms with E-state index >= 15 is 0 Å². The molecule has 1 aliphatic carbocycles. The van der Waals surface area contributed by atoms with Crippen molar-refractivity contribution in [2.24, 2.45) is 5.92 Å². The normalized spacial score (nSPS) is 18.1. The Morgan fingerprint density at radius 3 is 2.47 bits per heavy atom. The van der Waals surface area contributed by atoms with E-state index in [0.29, 0.717) is 50.6 Å². The van der Waals surface area contributed by atoms with E-state index in [0.717, 1.165) is 30.7 Å². The van der Waals surface area contributed by atoms with Crippen LogP contribution >= 0.6 is 0 Å². The maximum atomic E-state index is 13.9. The Kier molecular flexibility index (Phi) is 10.3. The first-order chi connectivity index (χ1) is 20.9. The molecule has 2 amide bonds. The molecule has 43 heavy (non-hydrogen) atoms. The summed E-state index contributed by atoms with van der Waals surface area (Å²) >= 11 is 0. The average molecular weight is 586 g/mol. The Morgan fingerprint density at radius 2 is 1.70 bits per heavy atom. The molecule has 2 atom stereocenters. The van der Waals surface area contributed by atoms with Crippen LogP contribution in [0.3, 0.4) is 0 Å². The number of nitrogens with zero attached hydrogens (tertiary/aromatic N) is 1. The SMILES string of the molecule is COc1ccccc1COCCOc1ccc(C(=O)NC2CCNCC2C(=O)N(Cc2cccc(C)c2C)C2CC2)cc1. The molecule has 2 aliphatic rings. The van der Waals surface area contributed by atoms with Crippen LogP contribution in [0.15, 0.2) is 66.7 Å². The van der Waals surface area contributed by atoms with E-state index in [2.05, 4.69) is 42.7 Å². The van der Waals surface area contributed by atoms with E-state index in [4.69, 9.17) is 14.2 Å². The predicted molar refractivity (Wildman–Crippen MR) is 166 cm³/mol. The van der Waals surface area contributed by atoms with Crippen molar-refractivity contribution in [2.45, 2.75) is 58.3 Å². The first-order valence-electron chi connectivity index (χ1n) is 15.2. The lowest BCUT2D eigenvalue weighted by Gasteiger charge is -2.36. The molecule has 5 rings (SSSR count). The Labute approximate surface area is 254 Å². The molecule has 0 spiro atoms. The number of rotatable bonds is 13. The fraction of sp³-hybridized carbons (Fsp3) is 0.429. The van der Waals surface area contributed by atoms with E-state index in [1.807, 2.05) is 29.2 Å². The molecule has 228 valence electrons. The molecule has 0 bridgehead atoms. The fourth-order valence-electron chi connectivity index (χ4n) is 5.62. The summed E-state index contributed by atoms with van der Waals surface area (Å²) < 4.78 is 16.9. The van der Waals surface area contributed by atoms with Gasteiger partial charge in [0.05, 0.1) is 26.2 Å². The monoisotopic (exact) mass is 585 g/mol. The van der Waals surface area contributed by atoms with Crippen molar-refractivity contribution in [1.29, 1.82) is 0 Å². The van der Waals surface area contributed by atoms with Gasteiger partial charge < -0.3 is 29.7 Å². The van der Waals surface area contributed by atoms with Crippen LogP contribution in [0.4, 0.5) is 0 Å². The van der Waals surface area contributed by atoms with E-state index in [1.165, 1.54) is 16.7 Å². The van der Waals surface area contributed by atoms with Gasteiger partial charge in [0, 0.05) is 36.3 Å². The average Bonchev–Trinajstić information content (AvgIpc) is 3.87. The highest BCUT2D eigenvalue weighted by Gasteiger charge is 2.40. The van der Waals surface area contributed by atoms with Gasteiger partial charge in [0.1, 0.15) is 18.1 Å². The molecular formula is C35H43N3O5. The molecule has 1 saturated carbocycles. The highest BCUT2D eigenvalue weighted by Crippen LogP contribution is 2.32. The summed E-state index contributed by atoms with van der Waals surface area (Å²) in [6, 6.07) is 21.2. The van der Waals surface area contributed by atoms with Crippen molar-refractivity contribution in [3.63, 3.8) is 0 Å². The van der Waals surface area contributed by atoms with Crippen molar-refractivity contribution >= 4 is 11.8 Å². The van der Waals surface area contributed by atoms with Crippen LogP contribution in [0.25, 0.3) is 0 Å². The van der Waals surface area contributed by atoms with Crippen LogP contribution in [0.1, 0.15) is 51.9 Å². The molecule has 2 fully saturated rings. The highest BCUT2D eigenvalue weighted by molar-refractivity contribution is 5.95. The summed E-state index contributed by atoms with van der Waals surface area (Å²) in [6.07, 6.45) is 2.78. The number of amides is 2. The number of para-hydroxylation sites is 1. The zero-order valence-electron chi connectivity index (χ0n) is 25.4. The van der Waals surface area contributed by atoms with Crippen LogP contribution in [0.2, 0.25) is 0 Å². The van der Waals surface area contributed by atoms with Gasteiger partial charge in [0.15, 0.2) is 0 Å². The Balaban J connectivity index is 1.13. The summed E-state index contributed by atoms with van der Waals surface area (Å²) in [5.74, 6) is 1.11. The summed E-state index contributed by atoms with van der Waals surface area (Å²) in [7, 11) is 1.65. The zero-order chi connectivity index (χ0) is 30.2. The number of carbonyl (C=O) groups is 2. The molecule has 8 heteroatoms. The van der Waals surface area contributed by atoms with E-state index < -0.39 is 0 Å². The topological polar surface area (TPSA) is 89.1 Å². The number of piperidine rings is 1. The van der Waals surface area contributed by atoms with Gasteiger partial charge in [-0.3, -0.25) is 9.59 Å². The van der Waals surface area contributed by atoms with E-state index in [-0.39, 0.29) is 29.8 Å². The van der Waals surface area contributed by atoms with Crippen molar-refractivity contribution in [3.8, 4) is 11.5 Å². The number of aryl methyl sites for hydroxylation is 1. The lowest BCUT2D eigenvalue weighted by Crippen LogP contribution is -2.55. The summed E-state index contributed by atoms with van der Waals surface area (Å²) in [5, 5.41) is 6.55. The minimum absolute atomic E-state index is 0.123. The van der Waals surface area contributed by atoms with Crippen molar-refractivity contribution in [3.05, 3.63) is 94.5 Å². The number of hydrogen-bond donors (Lipinski definition) is 2. The second-order valence-corrected chi connectivity index (χ2v) is 11.5. The third-order valence-corrected chi connectivity index (χ3v) is 8.51. The number of hydrogen-bond acceptors (Lipinski definition) is 6. The molecule has 3 aromatic carbocycles. The minimum Gasteiger partial charge on any atom is -0.496 e. The smallest absolute Gasteiger partial charge is 0.251 e. The molecule has 1 heterocycles. The first-order valence-corrected chi connectivity index (χ1v) is 15.2. The van der Waals surface area contributed by atoms with Gasteiger partial charge in [-0.2, -0.15) is 0 Å². The molecular weight excluding hydrogens is 542 g/mol. The summed E-state index contributed by atoms with van der Waals surface area (Å²) in [6.45, 7) is 7.42. The fourth-order valence-corrected chi connectivity index (χ4v) is 5.62. The van der Waals surface area contributed by atoms with Gasteiger partial charge in [-0.1, -0.05) is 36.4 Å². The van der Waals surface area contributed by atoms with Crippen molar-refractivity contribution in [1.82, 2.24) is 15.5 Å². The van der Waals surface area contributed by atoms with Gasteiger partial charge in [-0.05, 0) is 86.7 Å². The summed E-state index contributed by atoms with van der Waals surface area (Å²) in [4.78, 5) is 29.2. The molecule has 1 saturated heterocycles. The van der Waals surface area contributed by atoms with Gasteiger partial charge >= 0.3 is 0 Å². The molecule has 2 N–H and O–H groups in total. The van der Waals surface area contributed by atoms with Crippen LogP contribution < -0.4 is 20.1 Å². The van der Waals surface area contributed by atoms with Gasteiger partial charge in [0.2, 0.25) is 5.91 Å². The number of carbonyl (C=O) groups excluding carboxylic acids is 2. The van der Waals surface area contributed by atoms with Crippen LogP contribution in [-0.4, -0.2) is 62.2 Å². The van der Waals surface area contributed by atoms with Crippen LogP contribution in [0, 0.1) is 19.8 Å². The summed E-state index contributed by atoms with van der Waals surface area (Å²) in [5.41, 5.74) is 5.19. The largest absolute Gasteiger partial charge is 0.496 e. The molecule has 0 radical (unpaired) electrons. The minimum atomic E-state index is -0.304. The lowest BCUT2D eigenvalue weighted by molar-refractivity contribution is -0.138. The van der Waals surface area contributed by atoms with Crippen LogP contribution in [0.5, 0.6) is 11.5 Å². The molecule has 0 aromatic heterocycles. The Morgan fingerprint density at radius 1 is 0.930 bits per heavy atom. The third-order valence-electron chi connectivity index (χ3n) is 8.51. The number of nitrogens with one attached hydrogen (secondary N) is 2. The maximum absolute atomic E-state index is 13.9. The number of ether oxygens (including phenoxy) is 3. The second kappa shape index (κ2) is 14.5. The van der Waals surface area contributed by atoms with Gasteiger partial charge in [0.25, 0.3) is 5.91 Å². The lowest BCUT2D eigenvalue weighted by atomic mass is 9.91. The Bertz CT molecular complexity index is 1390. The third kappa shape index (κ3) is 7.94. The molecule has 2 unspecified atom stereocenters. The zero-order valence-corrected chi connectivity index (χ0v) is 25.4. The van der Waals surface area contributed by atoms with Crippen LogP contribution in [-0.2, 0) is 22.7 Å². The predicted octanol–water partition coefficient (Wildman–Crippen LogP) is 4.81. The van der Waals surface area contributed by atoms with Gasteiger partial charge in [-0.25, -0.2) is 0 Å². The quantitative estimate of drug-likeness (QED) is 0.280. The first kappa shape index (κ1) is 30.6. The standard InChI is InChI=1S/C35H43N3O5/c1-24-7-6-9-27(25(24)2)22-38(29-13-14-29)35(40)31-21-36-18-17-32(31)37-34(39)26-11-15-30(16-12-26)43-20-19-42-23-28-8-4-5-10-33(28)41-3/h4-12,15-16,29,31-32,36H,13-14,17-23H2,1-3H3,(H,37,39). The molecule has 3 aromatic rings. The maximum Gasteiger partial charge on any atom is 0.251 e. The number of methoxy groups -OCH3 is 1. The van der Waals surface area contributed by atoms with E-state index in [9.17, 15) is 9.59 Å². The Hall–Kier alpha value is -3.88. The molecule has 8 nitrogen and oxygen atoms in total. The number of benzene rings is 3.